The Labute approximate surface area is 105 Å². The Bertz CT molecular complexity index is 564. The highest BCUT2D eigenvalue weighted by Gasteiger charge is 2.07. The van der Waals surface area contributed by atoms with E-state index in [2.05, 4.69) is 5.32 Å². The van der Waals surface area contributed by atoms with Gasteiger partial charge in [-0.1, -0.05) is 18.2 Å². The van der Waals surface area contributed by atoms with Crippen molar-refractivity contribution in [2.24, 2.45) is 0 Å². The molecular weight excluding hydrogens is 232 g/mol. The Hall–Kier alpha value is -1.74. The lowest BCUT2D eigenvalue weighted by Crippen LogP contribution is -2.05. The summed E-state index contributed by atoms with van der Waals surface area (Å²) in [6.07, 6.45) is 0. The molecule has 2 rings (SSSR count). The molecule has 2 aromatic rings. The first-order chi connectivity index (χ1) is 8.61. The highest BCUT2D eigenvalue weighted by Crippen LogP contribution is 2.26. The number of aryl methyl sites for hydroxylation is 1. The fourth-order valence-electron chi connectivity index (χ4n) is 1.96. The van der Waals surface area contributed by atoms with E-state index in [1.165, 1.54) is 6.07 Å². The lowest BCUT2D eigenvalue weighted by molar-refractivity contribution is 0.509. The number of halogens is 2. The van der Waals surface area contributed by atoms with Gasteiger partial charge < -0.3 is 5.32 Å². The Morgan fingerprint density at radius 2 is 1.78 bits per heavy atom. The van der Waals surface area contributed by atoms with Gasteiger partial charge in [-0.15, -0.1) is 0 Å². The van der Waals surface area contributed by atoms with Crippen LogP contribution in [0, 0.1) is 18.6 Å². The molecule has 1 N–H and O–H groups in total. The van der Waals surface area contributed by atoms with E-state index in [1.54, 1.807) is 6.07 Å². The third kappa shape index (κ3) is 2.57. The summed E-state index contributed by atoms with van der Waals surface area (Å²) < 4.78 is 26.2. The zero-order valence-corrected chi connectivity index (χ0v) is 10.4. The molecule has 1 nitrogen and oxygen atoms in total. The maximum absolute atomic E-state index is 13.3. The number of rotatable bonds is 3. The molecule has 18 heavy (non-hydrogen) atoms. The third-order valence-corrected chi connectivity index (χ3v) is 2.91. The molecule has 2 aromatic carbocycles. The summed E-state index contributed by atoms with van der Waals surface area (Å²) in [5.74, 6) is -1.63. The van der Waals surface area contributed by atoms with Crippen LogP contribution < -0.4 is 5.32 Å². The van der Waals surface area contributed by atoms with E-state index in [1.807, 2.05) is 32.2 Å². The van der Waals surface area contributed by atoms with Crippen molar-refractivity contribution < 1.29 is 8.78 Å². The lowest BCUT2D eigenvalue weighted by Gasteiger charge is -2.09. The zero-order chi connectivity index (χ0) is 13.1. The van der Waals surface area contributed by atoms with Gasteiger partial charge in [0.05, 0.1) is 0 Å². The second-order valence-electron chi connectivity index (χ2n) is 4.31. The smallest absolute Gasteiger partial charge is 0.159 e. The second kappa shape index (κ2) is 5.27. The Morgan fingerprint density at radius 3 is 2.44 bits per heavy atom. The lowest BCUT2D eigenvalue weighted by atomic mass is 9.98. The molecule has 0 aliphatic rings. The summed E-state index contributed by atoms with van der Waals surface area (Å²) in [7, 11) is 1.87. The molecule has 0 saturated heterocycles. The van der Waals surface area contributed by atoms with Crippen molar-refractivity contribution in [3.8, 4) is 11.1 Å². The van der Waals surface area contributed by atoms with Crippen LogP contribution in [0.2, 0.25) is 0 Å². The quantitative estimate of drug-likeness (QED) is 0.872. The van der Waals surface area contributed by atoms with Crippen molar-refractivity contribution in [2.45, 2.75) is 13.5 Å². The van der Waals surface area contributed by atoms with Crippen LogP contribution in [0.4, 0.5) is 8.78 Å². The van der Waals surface area contributed by atoms with Crippen LogP contribution in [0.1, 0.15) is 11.1 Å². The molecule has 0 bridgehead atoms. The van der Waals surface area contributed by atoms with Crippen molar-refractivity contribution in [1.82, 2.24) is 5.32 Å². The topological polar surface area (TPSA) is 12.0 Å². The van der Waals surface area contributed by atoms with E-state index >= 15 is 0 Å². The van der Waals surface area contributed by atoms with Crippen molar-refractivity contribution in [2.75, 3.05) is 7.05 Å². The minimum absolute atomic E-state index is 0.698. The van der Waals surface area contributed by atoms with Crippen molar-refractivity contribution in [3.63, 3.8) is 0 Å². The summed E-state index contributed by atoms with van der Waals surface area (Å²) in [5.41, 5.74) is 3.79. The number of benzene rings is 2. The predicted molar refractivity (Wildman–Crippen MR) is 69.3 cm³/mol. The molecule has 0 atom stereocenters. The van der Waals surface area contributed by atoms with Crippen LogP contribution in [-0.4, -0.2) is 7.05 Å². The first-order valence-electron chi connectivity index (χ1n) is 5.81. The first-order valence-corrected chi connectivity index (χ1v) is 5.81. The van der Waals surface area contributed by atoms with E-state index in [-0.39, 0.29) is 0 Å². The van der Waals surface area contributed by atoms with Gasteiger partial charge in [0, 0.05) is 6.54 Å². The van der Waals surface area contributed by atoms with Crippen molar-refractivity contribution in [1.29, 1.82) is 0 Å². The van der Waals surface area contributed by atoms with Gasteiger partial charge in [-0.3, -0.25) is 0 Å². The van der Waals surface area contributed by atoms with Gasteiger partial charge in [0.1, 0.15) is 0 Å². The van der Waals surface area contributed by atoms with Crippen molar-refractivity contribution in [3.05, 3.63) is 59.2 Å². The molecule has 3 heteroatoms. The Balaban J connectivity index is 2.48. The van der Waals surface area contributed by atoms with Gasteiger partial charge in [-0.25, -0.2) is 8.78 Å². The molecular formula is C15H15F2N. The molecule has 0 amide bonds. The highest BCUT2D eigenvalue weighted by atomic mass is 19.2. The van der Waals surface area contributed by atoms with Gasteiger partial charge in [-0.2, -0.15) is 0 Å². The zero-order valence-electron chi connectivity index (χ0n) is 10.4. The van der Waals surface area contributed by atoms with Gasteiger partial charge in [0.2, 0.25) is 0 Å². The van der Waals surface area contributed by atoms with Crippen LogP contribution in [-0.2, 0) is 6.54 Å². The molecule has 0 unspecified atom stereocenters. The number of nitrogens with one attached hydrogen (secondary N) is 1. The van der Waals surface area contributed by atoms with E-state index in [0.717, 1.165) is 29.3 Å². The van der Waals surface area contributed by atoms with Crippen LogP contribution in [0.3, 0.4) is 0 Å². The van der Waals surface area contributed by atoms with Crippen molar-refractivity contribution >= 4 is 0 Å². The summed E-state index contributed by atoms with van der Waals surface area (Å²) in [6.45, 7) is 2.71. The monoisotopic (exact) mass is 247 g/mol. The van der Waals surface area contributed by atoms with Crippen LogP contribution in [0.15, 0.2) is 36.4 Å². The molecule has 0 spiro atoms. The normalized spacial score (nSPS) is 10.7. The Morgan fingerprint density at radius 1 is 1.00 bits per heavy atom. The van der Waals surface area contributed by atoms with Crippen LogP contribution in [0.25, 0.3) is 11.1 Å². The van der Waals surface area contributed by atoms with Gasteiger partial charge >= 0.3 is 0 Å². The van der Waals surface area contributed by atoms with Gasteiger partial charge in [-0.05, 0) is 54.4 Å². The predicted octanol–water partition coefficient (Wildman–Crippen LogP) is 3.66. The van der Waals surface area contributed by atoms with Crippen LogP contribution >= 0.6 is 0 Å². The fourth-order valence-corrected chi connectivity index (χ4v) is 1.96. The first kappa shape index (κ1) is 12.7. The van der Waals surface area contributed by atoms with Gasteiger partial charge in [0.15, 0.2) is 11.6 Å². The molecule has 0 aliphatic heterocycles. The Kier molecular flexibility index (Phi) is 3.72. The van der Waals surface area contributed by atoms with E-state index in [0.29, 0.717) is 5.56 Å². The summed E-state index contributed by atoms with van der Waals surface area (Å²) in [6, 6.07) is 10.0. The van der Waals surface area contributed by atoms with E-state index in [9.17, 15) is 8.78 Å². The maximum atomic E-state index is 13.3. The molecule has 0 saturated carbocycles. The summed E-state index contributed by atoms with van der Waals surface area (Å²) in [4.78, 5) is 0. The molecule has 0 aliphatic carbocycles. The largest absolute Gasteiger partial charge is 0.316 e. The molecule has 0 aromatic heterocycles. The average molecular weight is 247 g/mol. The molecule has 0 fully saturated rings. The summed E-state index contributed by atoms with van der Waals surface area (Å²) >= 11 is 0. The standard InChI is InChI=1S/C15H15F2N/c1-10-3-4-11(9-18-2)7-13(10)12-5-6-14(16)15(17)8-12/h3-8,18H,9H2,1-2H3. The number of hydrogen-bond acceptors (Lipinski definition) is 1. The molecule has 94 valence electrons. The fraction of sp³-hybridized carbons (Fsp3) is 0.200. The third-order valence-electron chi connectivity index (χ3n) is 2.91. The SMILES string of the molecule is CNCc1ccc(C)c(-c2ccc(F)c(F)c2)c1. The minimum Gasteiger partial charge on any atom is -0.316 e. The average Bonchev–Trinajstić information content (AvgIpc) is 2.35. The minimum atomic E-state index is -0.817. The molecule has 0 radical (unpaired) electrons. The molecule has 0 heterocycles. The van der Waals surface area contributed by atoms with E-state index in [4.69, 9.17) is 0 Å². The highest BCUT2D eigenvalue weighted by molar-refractivity contribution is 5.68. The van der Waals surface area contributed by atoms with Crippen LogP contribution in [0.5, 0.6) is 0 Å². The summed E-state index contributed by atoms with van der Waals surface area (Å²) in [5, 5.41) is 3.07. The number of hydrogen-bond donors (Lipinski definition) is 1. The van der Waals surface area contributed by atoms with Gasteiger partial charge in [0.25, 0.3) is 0 Å². The second-order valence-corrected chi connectivity index (χ2v) is 4.31. The van der Waals surface area contributed by atoms with E-state index < -0.39 is 11.6 Å². The maximum Gasteiger partial charge on any atom is 0.159 e.